The molecule has 0 spiro atoms. The molecular formula is C16H22N4O. The summed E-state index contributed by atoms with van der Waals surface area (Å²) >= 11 is 0. The van der Waals surface area contributed by atoms with Crippen molar-refractivity contribution in [2.75, 3.05) is 5.32 Å². The van der Waals surface area contributed by atoms with Crippen LogP contribution in [0.15, 0.2) is 30.6 Å². The lowest BCUT2D eigenvalue weighted by atomic mass is 9.87. The quantitative estimate of drug-likeness (QED) is 0.905. The number of nitrogens with two attached hydrogens (primary N) is 1. The highest BCUT2D eigenvalue weighted by molar-refractivity contribution is 5.93. The number of anilines is 1. The highest BCUT2D eigenvalue weighted by Gasteiger charge is 2.18. The number of aromatic nitrogens is 2. The van der Waals surface area contributed by atoms with Gasteiger partial charge in [0.25, 0.3) is 0 Å². The third kappa shape index (κ3) is 4.79. The minimum atomic E-state index is -0.134. The standard InChI is InChI=1S/C16H22N4O/c1-16(2,3)10-11(17)8-15(21)20-12-4-5-13-14(9-12)19-7-6-18-13/h4-7,9,11H,8,10,17H2,1-3H3,(H,20,21). The smallest absolute Gasteiger partial charge is 0.225 e. The molecule has 3 N–H and O–H groups in total. The first-order chi connectivity index (χ1) is 9.83. The van der Waals surface area contributed by atoms with Crippen molar-refractivity contribution in [3.63, 3.8) is 0 Å². The van der Waals surface area contributed by atoms with E-state index in [-0.39, 0.29) is 17.4 Å². The van der Waals surface area contributed by atoms with Gasteiger partial charge in [0, 0.05) is 30.5 Å². The predicted octanol–water partition coefficient (Wildman–Crippen LogP) is 2.72. The Hall–Kier alpha value is -2.01. The summed E-state index contributed by atoms with van der Waals surface area (Å²) in [6.07, 6.45) is 4.40. The largest absolute Gasteiger partial charge is 0.327 e. The van der Waals surface area contributed by atoms with Gasteiger partial charge >= 0.3 is 0 Å². The molecule has 0 fully saturated rings. The van der Waals surface area contributed by atoms with Crippen molar-refractivity contribution >= 4 is 22.6 Å². The molecule has 0 saturated carbocycles. The lowest BCUT2D eigenvalue weighted by molar-refractivity contribution is -0.116. The Bertz CT molecular complexity index is 633. The molecule has 1 aromatic heterocycles. The molecule has 1 heterocycles. The molecule has 2 rings (SSSR count). The fourth-order valence-electron chi connectivity index (χ4n) is 2.35. The zero-order chi connectivity index (χ0) is 15.5. The molecule has 0 aliphatic rings. The van der Waals surface area contributed by atoms with Gasteiger partial charge in [-0.25, -0.2) is 0 Å². The van der Waals surface area contributed by atoms with E-state index >= 15 is 0 Å². The van der Waals surface area contributed by atoms with Crippen LogP contribution in [0.5, 0.6) is 0 Å². The van der Waals surface area contributed by atoms with Crippen LogP contribution in [0, 0.1) is 5.41 Å². The van der Waals surface area contributed by atoms with E-state index in [0.29, 0.717) is 6.42 Å². The number of amides is 1. The molecule has 21 heavy (non-hydrogen) atoms. The first kappa shape index (κ1) is 15.4. The number of carbonyl (C=O) groups is 1. The number of hydrogen-bond acceptors (Lipinski definition) is 4. The van der Waals surface area contributed by atoms with Crippen LogP contribution in [0.3, 0.4) is 0 Å². The summed E-state index contributed by atoms with van der Waals surface area (Å²) in [7, 11) is 0. The second kappa shape index (κ2) is 6.18. The molecule has 112 valence electrons. The minimum Gasteiger partial charge on any atom is -0.327 e. The van der Waals surface area contributed by atoms with Crippen molar-refractivity contribution in [3.05, 3.63) is 30.6 Å². The van der Waals surface area contributed by atoms with Gasteiger partial charge < -0.3 is 11.1 Å². The number of carbonyl (C=O) groups excluding carboxylic acids is 1. The normalized spacial score (nSPS) is 13.1. The molecular weight excluding hydrogens is 264 g/mol. The lowest BCUT2D eigenvalue weighted by Gasteiger charge is -2.22. The van der Waals surface area contributed by atoms with Crippen molar-refractivity contribution in [2.45, 2.75) is 39.7 Å². The maximum absolute atomic E-state index is 12.0. The Morgan fingerprint density at radius 1 is 1.24 bits per heavy atom. The Labute approximate surface area is 125 Å². The Morgan fingerprint density at radius 3 is 2.57 bits per heavy atom. The van der Waals surface area contributed by atoms with E-state index < -0.39 is 0 Å². The zero-order valence-electron chi connectivity index (χ0n) is 12.8. The van der Waals surface area contributed by atoms with Gasteiger partial charge in [-0.3, -0.25) is 14.8 Å². The average Bonchev–Trinajstić information content (AvgIpc) is 2.35. The van der Waals surface area contributed by atoms with Crippen molar-refractivity contribution in [1.82, 2.24) is 9.97 Å². The Balaban J connectivity index is 1.98. The Kier molecular flexibility index (Phi) is 4.53. The molecule has 0 saturated heterocycles. The molecule has 1 atom stereocenters. The molecule has 5 heteroatoms. The highest BCUT2D eigenvalue weighted by Crippen LogP contribution is 2.21. The van der Waals surface area contributed by atoms with Gasteiger partial charge in [-0.05, 0) is 30.0 Å². The number of nitrogens with one attached hydrogen (secondary N) is 1. The van der Waals surface area contributed by atoms with E-state index in [1.165, 1.54) is 0 Å². The zero-order valence-corrected chi connectivity index (χ0v) is 12.8. The van der Waals surface area contributed by atoms with Crippen LogP contribution in [-0.2, 0) is 4.79 Å². The van der Waals surface area contributed by atoms with Crippen molar-refractivity contribution in [2.24, 2.45) is 11.1 Å². The lowest BCUT2D eigenvalue weighted by Crippen LogP contribution is -2.31. The van der Waals surface area contributed by atoms with Crippen LogP contribution in [0.1, 0.15) is 33.6 Å². The van der Waals surface area contributed by atoms with E-state index in [1.54, 1.807) is 12.4 Å². The summed E-state index contributed by atoms with van der Waals surface area (Å²) in [6.45, 7) is 6.35. The van der Waals surface area contributed by atoms with Gasteiger partial charge in [-0.15, -0.1) is 0 Å². The number of hydrogen-bond donors (Lipinski definition) is 2. The van der Waals surface area contributed by atoms with Gasteiger partial charge in [0.05, 0.1) is 11.0 Å². The number of rotatable bonds is 4. The third-order valence-electron chi connectivity index (χ3n) is 3.08. The number of nitrogens with zero attached hydrogens (tertiary/aromatic N) is 2. The molecule has 0 bridgehead atoms. The second-order valence-corrected chi connectivity index (χ2v) is 6.54. The van der Waals surface area contributed by atoms with Gasteiger partial charge in [0.1, 0.15) is 0 Å². The summed E-state index contributed by atoms with van der Waals surface area (Å²) in [5.41, 5.74) is 8.43. The SMILES string of the molecule is CC(C)(C)CC(N)CC(=O)Nc1ccc2nccnc2c1. The molecule has 2 aromatic rings. The highest BCUT2D eigenvalue weighted by atomic mass is 16.1. The van der Waals surface area contributed by atoms with Gasteiger partial charge in [-0.2, -0.15) is 0 Å². The number of benzene rings is 1. The predicted molar refractivity (Wildman–Crippen MR) is 84.8 cm³/mol. The van der Waals surface area contributed by atoms with E-state index in [2.05, 4.69) is 36.1 Å². The van der Waals surface area contributed by atoms with Crippen molar-refractivity contribution < 1.29 is 4.79 Å². The summed E-state index contributed by atoms with van der Waals surface area (Å²) in [6, 6.07) is 5.34. The van der Waals surface area contributed by atoms with E-state index in [9.17, 15) is 4.79 Å². The van der Waals surface area contributed by atoms with Crippen LogP contribution in [-0.4, -0.2) is 21.9 Å². The molecule has 0 aliphatic carbocycles. The van der Waals surface area contributed by atoms with Gasteiger partial charge in [0.15, 0.2) is 0 Å². The van der Waals surface area contributed by atoms with Crippen molar-refractivity contribution in [3.8, 4) is 0 Å². The molecule has 1 aromatic carbocycles. The molecule has 1 unspecified atom stereocenters. The van der Waals surface area contributed by atoms with Crippen LogP contribution in [0.2, 0.25) is 0 Å². The third-order valence-corrected chi connectivity index (χ3v) is 3.08. The maximum atomic E-state index is 12.0. The van der Waals surface area contributed by atoms with Crippen molar-refractivity contribution in [1.29, 1.82) is 0 Å². The van der Waals surface area contributed by atoms with Crippen LogP contribution >= 0.6 is 0 Å². The van der Waals surface area contributed by atoms with E-state index in [1.807, 2.05) is 18.2 Å². The minimum absolute atomic E-state index is 0.0741. The first-order valence-electron chi connectivity index (χ1n) is 7.10. The fraction of sp³-hybridized carbons (Fsp3) is 0.438. The summed E-state index contributed by atoms with van der Waals surface area (Å²) < 4.78 is 0. The maximum Gasteiger partial charge on any atom is 0.225 e. The van der Waals surface area contributed by atoms with Crippen LogP contribution in [0.4, 0.5) is 5.69 Å². The number of fused-ring (bicyclic) bond motifs is 1. The van der Waals surface area contributed by atoms with Gasteiger partial charge in [0.2, 0.25) is 5.91 Å². The first-order valence-corrected chi connectivity index (χ1v) is 7.10. The van der Waals surface area contributed by atoms with Gasteiger partial charge in [-0.1, -0.05) is 20.8 Å². The van der Waals surface area contributed by atoms with Crippen LogP contribution < -0.4 is 11.1 Å². The van der Waals surface area contributed by atoms with Crippen LogP contribution in [0.25, 0.3) is 11.0 Å². The average molecular weight is 286 g/mol. The molecule has 0 aliphatic heterocycles. The molecule has 5 nitrogen and oxygen atoms in total. The van der Waals surface area contributed by atoms with E-state index in [4.69, 9.17) is 5.73 Å². The molecule has 0 radical (unpaired) electrons. The van der Waals surface area contributed by atoms with E-state index in [0.717, 1.165) is 23.1 Å². The summed E-state index contributed by atoms with van der Waals surface area (Å²) in [4.78, 5) is 20.4. The topological polar surface area (TPSA) is 80.9 Å². The monoisotopic (exact) mass is 286 g/mol. The summed E-state index contributed by atoms with van der Waals surface area (Å²) in [5, 5.41) is 2.86. The molecule has 1 amide bonds. The summed E-state index contributed by atoms with van der Waals surface area (Å²) in [5.74, 6) is -0.0741. The Morgan fingerprint density at radius 2 is 1.90 bits per heavy atom. The second-order valence-electron chi connectivity index (χ2n) is 6.54. The fourth-order valence-corrected chi connectivity index (χ4v) is 2.35.